The topological polar surface area (TPSA) is 37.3 Å². The highest BCUT2D eigenvalue weighted by atomic mass is 32.2. The van der Waals surface area contributed by atoms with Crippen molar-refractivity contribution in [2.24, 2.45) is 5.92 Å². The lowest BCUT2D eigenvalue weighted by atomic mass is 10.1. The lowest BCUT2D eigenvalue weighted by Crippen LogP contribution is -2.25. The maximum absolute atomic E-state index is 11.7. The van der Waals surface area contributed by atoms with Crippen LogP contribution in [0.4, 0.5) is 13.2 Å². The molecule has 78 valence electrons. The summed E-state index contributed by atoms with van der Waals surface area (Å²) in [6, 6.07) is 0. The average molecular weight is 216 g/mol. The zero-order valence-electron chi connectivity index (χ0n) is 7.26. The lowest BCUT2D eigenvalue weighted by molar-refractivity contribution is -0.137. The van der Waals surface area contributed by atoms with Crippen molar-refractivity contribution in [2.75, 3.05) is 5.75 Å². The fraction of sp³-hybridized carbons (Fsp3) is 0.857. The number of carbonyl (C=O) groups is 1. The number of aliphatic carboxylic acids is 1. The predicted octanol–water partition coefficient (Wildman–Crippen LogP) is 2.39. The highest BCUT2D eigenvalue weighted by Gasteiger charge is 2.32. The number of carboxylic acid groups (broad SMARTS) is 1. The number of carboxylic acids is 1. The summed E-state index contributed by atoms with van der Waals surface area (Å²) in [7, 11) is 0. The van der Waals surface area contributed by atoms with Gasteiger partial charge < -0.3 is 5.11 Å². The smallest absolute Gasteiger partial charge is 0.397 e. The molecule has 0 spiro atoms. The maximum Gasteiger partial charge on any atom is 0.397 e. The van der Waals surface area contributed by atoms with Crippen LogP contribution in [0.2, 0.25) is 0 Å². The van der Waals surface area contributed by atoms with Crippen molar-refractivity contribution < 1.29 is 23.1 Å². The van der Waals surface area contributed by atoms with Crippen molar-refractivity contribution >= 4 is 17.7 Å². The van der Waals surface area contributed by atoms with E-state index in [9.17, 15) is 18.0 Å². The molecule has 2 nitrogen and oxygen atoms in total. The Hall–Kier alpha value is -0.390. The Morgan fingerprint density at radius 3 is 2.15 bits per heavy atom. The van der Waals surface area contributed by atoms with Crippen molar-refractivity contribution in [3.05, 3.63) is 0 Å². The third-order valence-corrected chi connectivity index (χ3v) is 2.87. The van der Waals surface area contributed by atoms with Gasteiger partial charge >= 0.3 is 12.1 Å². The molecule has 0 heterocycles. The number of hydrogen-bond donors (Lipinski definition) is 1. The fourth-order valence-corrected chi connectivity index (χ4v) is 1.63. The Kier molecular flexibility index (Phi) is 4.60. The molecule has 0 aliphatic carbocycles. The van der Waals surface area contributed by atoms with Crippen molar-refractivity contribution in [1.29, 1.82) is 0 Å². The zero-order valence-corrected chi connectivity index (χ0v) is 8.08. The van der Waals surface area contributed by atoms with Gasteiger partial charge in [0.15, 0.2) is 0 Å². The monoisotopic (exact) mass is 216 g/mol. The fourth-order valence-electron chi connectivity index (χ4n) is 0.733. The van der Waals surface area contributed by atoms with E-state index < -0.39 is 23.1 Å². The second-order valence-electron chi connectivity index (χ2n) is 2.93. The molecule has 0 aromatic rings. The normalized spacial score (nSPS) is 14.6. The molecule has 13 heavy (non-hydrogen) atoms. The minimum absolute atomic E-state index is 0.301. The molecule has 0 radical (unpaired) electrons. The molecule has 0 aromatic carbocycles. The van der Waals surface area contributed by atoms with Gasteiger partial charge in [0.2, 0.25) is 0 Å². The molecular weight excluding hydrogens is 205 g/mol. The molecule has 0 fully saturated rings. The molecule has 1 atom stereocenters. The van der Waals surface area contributed by atoms with E-state index in [-0.39, 0.29) is 5.92 Å². The molecule has 0 aliphatic heterocycles. The molecule has 0 amide bonds. The van der Waals surface area contributed by atoms with Crippen LogP contribution in [-0.4, -0.2) is 28.3 Å². The zero-order chi connectivity index (χ0) is 10.6. The van der Waals surface area contributed by atoms with Gasteiger partial charge in [-0.25, -0.2) is 0 Å². The molecule has 0 aromatic heterocycles. The molecule has 0 aliphatic rings. The van der Waals surface area contributed by atoms with Gasteiger partial charge in [0.05, 0.1) is 5.75 Å². The molecule has 0 saturated heterocycles. The predicted molar refractivity (Wildman–Crippen MR) is 44.8 cm³/mol. The first-order chi connectivity index (χ1) is 5.74. The summed E-state index contributed by atoms with van der Waals surface area (Å²) in [5.41, 5.74) is 0. The van der Waals surface area contributed by atoms with E-state index >= 15 is 0 Å². The van der Waals surface area contributed by atoms with E-state index in [1.54, 1.807) is 13.8 Å². The van der Waals surface area contributed by atoms with Gasteiger partial charge in [0.25, 0.3) is 0 Å². The Morgan fingerprint density at radius 1 is 1.46 bits per heavy atom. The van der Waals surface area contributed by atoms with Crippen molar-refractivity contribution in [1.82, 2.24) is 0 Å². The van der Waals surface area contributed by atoms with Crippen molar-refractivity contribution in [3.63, 3.8) is 0 Å². The van der Waals surface area contributed by atoms with E-state index in [0.29, 0.717) is 11.8 Å². The van der Waals surface area contributed by atoms with Gasteiger partial charge in [-0.1, -0.05) is 13.8 Å². The number of halogens is 3. The first-order valence-electron chi connectivity index (χ1n) is 3.65. The Morgan fingerprint density at radius 2 is 1.92 bits per heavy atom. The molecule has 6 heteroatoms. The van der Waals surface area contributed by atoms with Gasteiger partial charge in [0.1, 0.15) is 5.25 Å². The summed E-state index contributed by atoms with van der Waals surface area (Å²) in [6.45, 7) is 3.17. The van der Waals surface area contributed by atoms with E-state index in [1.165, 1.54) is 0 Å². The molecule has 0 bridgehead atoms. The quantitative estimate of drug-likeness (QED) is 0.784. The lowest BCUT2D eigenvalue weighted by Gasteiger charge is -2.16. The van der Waals surface area contributed by atoms with Crippen LogP contribution in [0.3, 0.4) is 0 Å². The highest BCUT2D eigenvalue weighted by Crippen LogP contribution is 2.27. The van der Waals surface area contributed by atoms with E-state index in [0.717, 1.165) is 0 Å². The Balaban J connectivity index is 4.06. The molecule has 0 rings (SSSR count). The van der Waals surface area contributed by atoms with Gasteiger partial charge in [-0.3, -0.25) is 4.79 Å². The maximum atomic E-state index is 11.7. The van der Waals surface area contributed by atoms with Crippen LogP contribution in [0.5, 0.6) is 0 Å². The summed E-state index contributed by atoms with van der Waals surface area (Å²) in [6.07, 6.45) is -4.30. The molecular formula is C7H11F3O2S. The Bertz CT molecular complexity index is 179. The van der Waals surface area contributed by atoms with E-state index in [4.69, 9.17) is 5.11 Å². The number of rotatable bonds is 4. The summed E-state index contributed by atoms with van der Waals surface area (Å²) in [5, 5.41) is 7.57. The van der Waals surface area contributed by atoms with Crippen molar-refractivity contribution in [2.45, 2.75) is 25.3 Å². The van der Waals surface area contributed by atoms with Gasteiger partial charge in [-0.2, -0.15) is 13.2 Å². The number of thioether (sulfide) groups is 1. The molecule has 1 N–H and O–H groups in total. The Labute approximate surface area is 78.5 Å². The second kappa shape index (κ2) is 4.74. The van der Waals surface area contributed by atoms with Gasteiger partial charge in [-0.15, -0.1) is 11.8 Å². The van der Waals surface area contributed by atoms with Crippen molar-refractivity contribution in [3.8, 4) is 0 Å². The summed E-state index contributed by atoms with van der Waals surface area (Å²) in [5.74, 6) is -2.60. The van der Waals surface area contributed by atoms with E-state index in [2.05, 4.69) is 0 Å². The van der Waals surface area contributed by atoms with Crippen LogP contribution in [0, 0.1) is 5.92 Å². The standard InChI is InChI=1S/C7H11F3O2S/c1-4(2)5(6(11)12)13-3-7(8,9)10/h4-5H,3H2,1-2H3,(H,11,12). The summed E-state index contributed by atoms with van der Waals surface area (Å²) < 4.78 is 35.2. The van der Waals surface area contributed by atoms with Gasteiger partial charge in [0, 0.05) is 0 Å². The van der Waals surface area contributed by atoms with Crippen LogP contribution in [-0.2, 0) is 4.79 Å². The molecule has 0 saturated carbocycles. The highest BCUT2D eigenvalue weighted by molar-refractivity contribution is 8.00. The van der Waals surface area contributed by atoms with Crippen LogP contribution >= 0.6 is 11.8 Å². The number of alkyl halides is 3. The minimum Gasteiger partial charge on any atom is -0.480 e. The SMILES string of the molecule is CC(C)C(SCC(F)(F)F)C(=O)O. The third kappa shape index (κ3) is 5.79. The minimum atomic E-state index is -4.30. The third-order valence-electron chi connectivity index (χ3n) is 1.28. The average Bonchev–Trinajstić information content (AvgIpc) is 1.82. The van der Waals surface area contributed by atoms with Crippen LogP contribution in [0.1, 0.15) is 13.8 Å². The van der Waals surface area contributed by atoms with E-state index in [1.807, 2.05) is 0 Å². The summed E-state index contributed by atoms with van der Waals surface area (Å²) >= 11 is 0.420. The first-order valence-corrected chi connectivity index (χ1v) is 4.70. The van der Waals surface area contributed by atoms with Crippen LogP contribution in [0.15, 0.2) is 0 Å². The van der Waals surface area contributed by atoms with Crippen LogP contribution < -0.4 is 0 Å². The first kappa shape index (κ1) is 12.6. The summed E-state index contributed by atoms with van der Waals surface area (Å²) in [4.78, 5) is 10.5. The van der Waals surface area contributed by atoms with Gasteiger partial charge in [-0.05, 0) is 5.92 Å². The molecule has 1 unspecified atom stereocenters. The second-order valence-corrected chi connectivity index (χ2v) is 4.06. The number of hydrogen-bond acceptors (Lipinski definition) is 2. The largest absolute Gasteiger partial charge is 0.480 e. The van der Waals surface area contributed by atoms with Crippen LogP contribution in [0.25, 0.3) is 0 Å².